The molecule has 0 heterocycles. The van der Waals surface area contributed by atoms with Gasteiger partial charge in [0.15, 0.2) is 12.2 Å². The first-order valence-corrected chi connectivity index (χ1v) is 43.6. The van der Waals surface area contributed by atoms with Crippen LogP contribution in [-0.2, 0) is 65.4 Å². The Morgan fingerprint density at radius 1 is 0.286 bits per heavy atom. The van der Waals surface area contributed by atoms with Crippen LogP contribution in [0.15, 0.2) is 24.3 Å². The summed E-state index contributed by atoms with van der Waals surface area (Å²) in [6.45, 7) is 4.85. The molecule has 0 aliphatic heterocycles. The van der Waals surface area contributed by atoms with E-state index >= 15 is 0 Å². The first-order chi connectivity index (χ1) is 47.7. The molecule has 0 saturated carbocycles. The summed E-state index contributed by atoms with van der Waals surface area (Å²) in [6.07, 6.45) is 67.9. The fourth-order valence-electron chi connectivity index (χ4n) is 11.7. The number of phosphoric ester groups is 2. The molecular weight excluding hydrogens is 1280 g/mol. The molecule has 3 N–H and O–H groups in total. The third-order valence-corrected chi connectivity index (χ3v) is 19.9. The van der Waals surface area contributed by atoms with E-state index in [0.29, 0.717) is 25.7 Å². The molecule has 578 valence electrons. The second-order valence-electron chi connectivity index (χ2n) is 27.8. The highest BCUT2D eigenvalue weighted by molar-refractivity contribution is 7.47. The van der Waals surface area contributed by atoms with E-state index in [1.54, 1.807) is 0 Å². The molecule has 0 aliphatic carbocycles. The minimum atomic E-state index is -4.96. The Labute approximate surface area is 599 Å². The molecule has 0 rings (SSSR count). The molecule has 0 amide bonds. The monoisotopic (exact) mass is 1430 g/mol. The summed E-state index contributed by atoms with van der Waals surface area (Å²) < 4.78 is 68.3. The largest absolute Gasteiger partial charge is 0.472 e. The third-order valence-electron chi connectivity index (χ3n) is 18.0. The molecule has 0 saturated heterocycles. The Morgan fingerprint density at radius 2 is 0.490 bits per heavy atom. The van der Waals surface area contributed by atoms with Crippen molar-refractivity contribution in [2.75, 3.05) is 39.6 Å². The highest BCUT2D eigenvalue weighted by Crippen LogP contribution is 2.45. The molecule has 2 unspecified atom stereocenters. The van der Waals surface area contributed by atoms with E-state index < -0.39 is 97.5 Å². The maximum atomic E-state index is 13.1. The van der Waals surface area contributed by atoms with Gasteiger partial charge in [-0.25, -0.2) is 9.13 Å². The Hall–Kier alpha value is -2.46. The lowest BCUT2D eigenvalue weighted by Gasteiger charge is -2.21. The van der Waals surface area contributed by atoms with E-state index in [1.165, 1.54) is 212 Å². The zero-order valence-electron chi connectivity index (χ0n) is 63.2. The molecule has 0 radical (unpaired) electrons. The summed E-state index contributed by atoms with van der Waals surface area (Å²) in [5, 5.41) is 10.6. The van der Waals surface area contributed by atoms with Gasteiger partial charge in [-0.1, -0.05) is 347 Å². The van der Waals surface area contributed by atoms with Crippen molar-refractivity contribution in [3.63, 3.8) is 0 Å². The van der Waals surface area contributed by atoms with Gasteiger partial charge in [-0.15, -0.1) is 0 Å². The minimum absolute atomic E-state index is 0.0847. The lowest BCUT2D eigenvalue weighted by atomic mass is 10.0. The molecule has 0 bridgehead atoms. The molecule has 0 aromatic heterocycles. The second kappa shape index (κ2) is 72.9. The predicted molar refractivity (Wildman–Crippen MR) is 400 cm³/mol. The van der Waals surface area contributed by atoms with E-state index in [1.807, 2.05) is 0 Å². The van der Waals surface area contributed by atoms with Crippen molar-refractivity contribution in [1.29, 1.82) is 0 Å². The fourth-order valence-corrected chi connectivity index (χ4v) is 13.3. The molecule has 0 aromatic carbocycles. The van der Waals surface area contributed by atoms with Crippen LogP contribution < -0.4 is 0 Å². The summed E-state index contributed by atoms with van der Waals surface area (Å²) in [5.41, 5.74) is 0. The van der Waals surface area contributed by atoms with Gasteiger partial charge in [0.25, 0.3) is 0 Å². The number of allylic oxidation sites excluding steroid dienone is 4. The topological polar surface area (TPSA) is 237 Å². The maximum Gasteiger partial charge on any atom is 0.472 e. The number of phosphoric acid groups is 2. The Morgan fingerprint density at radius 3 is 0.745 bits per heavy atom. The molecule has 0 spiro atoms. The van der Waals surface area contributed by atoms with Crippen molar-refractivity contribution in [3.8, 4) is 0 Å². The van der Waals surface area contributed by atoms with Crippen molar-refractivity contribution < 1.29 is 80.2 Å². The summed E-state index contributed by atoms with van der Waals surface area (Å²) in [6, 6.07) is 0. The van der Waals surface area contributed by atoms with Gasteiger partial charge < -0.3 is 33.8 Å². The van der Waals surface area contributed by atoms with E-state index in [2.05, 4.69) is 52.0 Å². The summed E-state index contributed by atoms with van der Waals surface area (Å²) in [7, 11) is -9.92. The van der Waals surface area contributed by atoms with Crippen LogP contribution in [0.3, 0.4) is 0 Å². The molecular formula is C79H150O17P2. The van der Waals surface area contributed by atoms with Crippen LogP contribution in [0.4, 0.5) is 0 Å². The number of hydrogen-bond acceptors (Lipinski definition) is 15. The van der Waals surface area contributed by atoms with E-state index in [4.69, 9.17) is 37.0 Å². The first-order valence-electron chi connectivity index (χ1n) is 40.6. The normalized spacial score (nSPS) is 14.0. The Kier molecular flexibility index (Phi) is 71.0. The van der Waals surface area contributed by atoms with Gasteiger partial charge in [0.05, 0.1) is 26.4 Å². The molecule has 5 atom stereocenters. The lowest BCUT2D eigenvalue weighted by molar-refractivity contribution is -0.161. The number of rotatable bonds is 78. The van der Waals surface area contributed by atoms with Crippen molar-refractivity contribution >= 4 is 39.5 Å². The van der Waals surface area contributed by atoms with Crippen molar-refractivity contribution in [2.45, 2.75) is 418 Å². The summed E-state index contributed by atoms with van der Waals surface area (Å²) >= 11 is 0. The zero-order chi connectivity index (χ0) is 71.8. The summed E-state index contributed by atoms with van der Waals surface area (Å²) in [4.78, 5) is 72.6. The van der Waals surface area contributed by atoms with Crippen molar-refractivity contribution in [1.82, 2.24) is 0 Å². The van der Waals surface area contributed by atoms with Gasteiger partial charge >= 0.3 is 39.5 Å². The molecule has 0 aliphatic rings. The number of carbonyl (C=O) groups is 4. The van der Waals surface area contributed by atoms with Crippen LogP contribution in [-0.4, -0.2) is 96.7 Å². The SMILES string of the molecule is CCCCCC/C=C\C=C/CCCCCCCC(=O)O[C@H](COC(=O)CCCCCCC)COP(=O)(O)OC[C@H](O)COP(=O)(O)OC[C@@H](COC(=O)CCCCCCCCCCCCCCCCCCC)OC(=O)CCCCCCCCCCCCCCCCCCCCCCC. The maximum absolute atomic E-state index is 13.1. The van der Waals surface area contributed by atoms with Gasteiger partial charge in [0, 0.05) is 25.7 Å². The Bertz CT molecular complexity index is 1950. The second-order valence-corrected chi connectivity index (χ2v) is 30.7. The number of esters is 4. The molecule has 0 fully saturated rings. The molecule has 0 aromatic rings. The number of unbranched alkanes of at least 4 members (excludes halogenated alkanes) is 49. The molecule has 98 heavy (non-hydrogen) atoms. The molecule has 19 heteroatoms. The highest BCUT2D eigenvalue weighted by atomic mass is 31.2. The minimum Gasteiger partial charge on any atom is -0.462 e. The van der Waals surface area contributed by atoms with E-state index in [0.717, 1.165) is 109 Å². The zero-order valence-corrected chi connectivity index (χ0v) is 65.0. The number of aliphatic hydroxyl groups is 1. The van der Waals surface area contributed by atoms with Gasteiger partial charge in [-0.05, 0) is 51.4 Å². The van der Waals surface area contributed by atoms with Crippen LogP contribution in [0, 0.1) is 0 Å². The van der Waals surface area contributed by atoms with Gasteiger partial charge in [0.2, 0.25) is 0 Å². The smallest absolute Gasteiger partial charge is 0.462 e. The van der Waals surface area contributed by atoms with E-state index in [-0.39, 0.29) is 25.7 Å². The van der Waals surface area contributed by atoms with Gasteiger partial charge in [0.1, 0.15) is 19.3 Å². The van der Waals surface area contributed by atoms with Gasteiger partial charge in [-0.3, -0.25) is 37.3 Å². The standard InChI is InChI=1S/C79H150O17P2/c1-5-9-13-17-20-23-26-29-32-34-35-36-37-39-42-45-48-51-54-58-62-66-79(84)96-75(70-90-77(82)64-60-56-52-49-46-43-41-38-33-30-27-24-21-18-14-10-6-2)72-94-98(87,88)92-68-73(80)67-91-97(85,86)93-71-74(69-89-76(81)63-59-55-16-12-8-4)95-78(83)65-61-57-53-50-47-44-40-31-28-25-22-19-15-11-7-3/h25,28,31,40,73-75,80H,5-24,26-27,29-30,32-39,41-72H2,1-4H3,(H,85,86)(H,87,88)/b28-25-,40-31-/t73-,74+,75+/m0/s1. The first kappa shape index (κ1) is 95.5. The number of ether oxygens (including phenoxy) is 4. The molecule has 17 nitrogen and oxygen atoms in total. The van der Waals surface area contributed by atoms with Crippen LogP contribution in [0.5, 0.6) is 0 Å². The average Bonchev–Trinajstić information content (AvgIpc) is 1.09. The Balaban J connectivity index is 5.15. The lowest BCUT2D eigenvalue weighted by Crippen LogP contribution is -2.30. The highest BCUT2D eigenvalue weighted by Gasteiger charge is 2.30. The number of carbonyl (C=O) groups excluding carboxylic acids is 4. The quantitative estimate of drug-likeness (QED) is 0.0169. The van der Waals surface area contributed by atoms with Crippen LogP contribution in [0.1, 0.15) is 400 Å². The van der Waals surface area contributed by atoms with Crippen LogP contribution >= 0.6 is 15.6 Å². The van der Waals surface area contributed by atoms with Crippen molar-refractivity contribution in [2.24, 2.45) is 0 Å². The van der Waals surface area contributed by atoms with Crippen LogP contribution in [0.25, 0.3) is 0 Å². The average molecular weight is 1430 g/mol. The summed E-state index contributed by atoms with van der Waals surface area (Å²) in [5.74, 6) is -2.15. The van der Waals surface area contributed by atoms with Crippen LogP contribution in [0.2, 0.25) is 0 Å². The van der Waals surface area contributed by atoms with Crippen molar-refractivity contribution in [3.05, 3.63) is 24.3 Å². The fraction of sp³-hybridized carbons (Fsp3) is 0.899. The third kappa shape index (κ3) is 71.9. The van der Waals surface area contributed by atoms with Gasteiger partial charge in [-0.2, -0.15) is 0 Å². The predicted octanol–water partition coefficient (Wildman–Crippen LogP) is 23.3. The van der Waals surface area contributed by atoms with E-state index in [9.17, 15) is 43.2 Å². The number of aliphatic hydroxyl groups excluding tert-OH is 1. The number of hydrogen-bond donors (Lipinski definition) is 3.